The van der Waals surface area contributed by atoms with Gasteiger partial charge in [0, 0.05) is 42.5 Å². The van der Waals surface area contributed by atoms with Crippen molar-refractivity contribution < 1.29 is 4.39 Å². The minimum atomic E-state index is -0.411. The summed E-state index contributed by atoms with van der Waals surface area (Å²) in [6.07, 6.45) is 11.7. The Hall–Kier alpha value is -4.98. The van der Waals surface area contributed by atoms with E-state index in [4.69, 9.17) is 4.98 Å². The lowest BCUT2D eigenvalue weighted by molar-refractivity contribution is 0.574. The van der Waals surface area contributed by atoms with Crippen LogP contribution in [0, 0.1) is 5.82 Å². The molecule has 5 aromatic rings. The number of piperidine rings is 1. The van der Waals surface area contributed by atoms with Gasteiger partial charge in [0.15, 0.2) is 17.5 Å². The molecule has 0 radical (unpaired) electrons. The molecule has 0 unspecified atom stereocenters. The summed E-state index contributed by atoms with van der Waals surface area (Å²) >= 11 is 0. The zero-order valence-corrected chi connectivity index (χ0v) is 23.8. The van der Waals surface area contributed by atoms with Crippen LogP contribution < -0.4 is 10.2 Å². The molecule has 1 aliphatic rings. The first-order valence-electron chi connectivity index (χ1n) is 14.3. The van der Waals surface area contributed by atoms with Crippen LogP contribution in [0.4, 0.5) is 10.2 Å². The highest BCUT2D eigenvalue weighted by Crippen LogP contribution is 2.33. The summed E-state index contributed by atoms with van der Waals surface area (Å²) in [5.74, 6) is 1.06. The number of aromatic nitrogens is 5. The van der Waals surface area contributed by atoms with Gasteiger partial charge in [-0.2, -0.15) is 5.10 Å². The Kier molecular flexibility index (Phi) is 7.68. The van der Waals surface area contributed by atoms with Crippen LogP contribution >= 0.6 is 0 Å². The van der Waals surface area contributed by atoms with E-state index in [1.807, 2.05) is 55.6 Å². The van der Waals surface area contributed by atoms with E-state index in [1.54, 1.807) is 6.08 Å². The van der Waals surface area contributed by atoms with Crippen LogP contribution in [0.5, 0.6) is 0 Å². The normalized spacial score (nSPS) is 14.5. The second-order valence-corrected chi connectivity index (χ2v) is 10.6. The smallest absolute Gasteiger partial charge is 0.157 e. The number of pyridine rings is 1. The molecule has 1 saturated heterocycles. The number of benzene rings is 2. The van der Waals surface area contributed by atoms with Gasteiger partial charge in [-0.15, -0.1) is 0 Å². The average molecular weight is 560 g/mol. The fourth-order valence-electron chi connectivity index (χ4n) is 5.54. The molecule has 8 heteroatoms. The molecule has 1 fully saturated rings. The van der Waals surface area contributed by atoms with Gasteiger partial charge < -0.3 is 15.2 Å². The van der Waals surface area contributed by atoms with Crippen molar-refractivity contribution >= 4 is 33.3 Å². The van der Waals surface area contributed by atoms with Crippen LogP contribution in [0.3, 0.4) is 0 Å². The van der Waals surface area contributed by atoms with E-state index in [0.717, 1.165) is 65.3 Å². The van der Waals surface area contributed by atoms with Gasteiger partial charge in [0.2, 0.25) is 0 Å². The Morgan fingerprint density at radius 3 is 2.67 bits per heavy atom. The van der Waals surface area contributed by atoms with Gasteiger partial charge in [-0.05, 0) is 73.2 Å². The van der Waals surface area contributed by atoms with Crippen molar-refractivity contribution in [2.75, 3.05) is 18.0 Å². The summed E-state index contributed by atoms with van der Waals surface area (Å²) in [6.45, 7) is 12.0. The van der Waals surface area contributed by atoms with Crippen LogP contribution in [-0.2, 0) is 6.42 Å². The van der Waals surface area contributed by atoms with Gasteiger partial charge in [-0.3, -0.25) is 5.10 Å². The van der Waals surface area contributed by atoms with Crippen molar-refractivity contribution in [2.45, 2.75) is 32.6 Å². The number of allylic oxidation sites excluding steroid dienone is 5. The van der Waals surface area contributed by atoms with E-state index >= 15 is 4.39 Å². The van der Waals surface area contributed by atoms with Gasteiger partial charge in [0.05, 0.1) is 5.52 Å². The molecule has 0 aliphatic carbocycles. The molecule has 6 rings (SSSR count). The summed E-state index contributed by atoms with van der Waals surface area (Å²) in [4.78, 5) is 15.3. The molecular formula is C34H34FN7. The number of imidazole rings is 1. The molecule has 4 heterocycles. The Labute approximate surface area is 244 Å². The predicted octanol–water partition coefficient (Wildman–Crippen LogP) is 7.45. The molecule has 0 atom stereocenters. The molecular weight excluding hydrogens is 525 g/mol. The number of H-pyrrole nitrogens is 2. The fourth-order valence-corrected chi connectivity index (χ4v) is 5.54. The Morgan fingerprint density at radius 2 is 1.90 bits per heavy atom. The monoisotopic (exact) mass is 559 g/mol. The third-order valence-electron chi connectivity index (χ3n) is 7.64. The minimum absolute atomic E-state index is 0.265. The number of hydrogen-bond acceptors (Lipinski definition) is 5. The van der Waals surface area contributed by atoms with E-state index in [2.05, 4.69) is 55.7 Å². The molecule has 3 aromatic heterocycles. The summed E-state index contributed by atoms with van der Waals surface area (Å²) in [6, 6.07) is 15.5. The maximum absolute atomic E-state index is 15.4. The zero-order chi connectivity index (χ0) is 29.1. The summed E-state index contributed by atoms with van der Waals surface area (Å²) < 4.78 is 15.4. The number of nitrogens with zero attached hydrogens (tertiary/aromatic N) is 4. The highest BCUT2D eigenvalue weighted by Gasteiger charge is 2.20. The van der Waals surface area contributed by atoms with E-state index in [9.17, 15) is 0 Å². The van der Waals surface area contributed by atoms with E-state index in [1.165, 1.54) is 12.5 Å². The highest BCUT2D eigenvalue weighted by molar-refractivity contribution is 5.97. The van der Waals surface area contributed by atoms with Crippen LogP contribution in [0.2, 0.25) is 0 Å². The van der Waals surface area contributed by atoms with Crippen molar-refractivity contribution in [1.29, 1.82) is 0 Å². The number of rotatable bonds is 9. The lowest BCUT2D eigenvalue weighted by Crippen LogP contribution is -2.30. The van der Waals surface area contributed by atoms with Crippen molar-refractivity contribution in [3.05, 3.63) is 114 Å². The van der Waals surface area contributed by atoms with Gasteiger partial charge in [-0.25, -0.2) is 14.4 Å². The second kappa shape index (κ2) is 11.9. The van der Waals surface area contributed by atoms with Gasteiger partial charge in [0.1, 0.15) is 16.7 Å². The minimum Gasteiger partial charge on any atom is -0.359 e. The first-order chi connectivity index (χ1) is 20.5. The summed E-state index contributed by atoms with van der Waals surface area (Å²) in [5.41, 5.74) is 6.90. The lowest BCUT2D eigenvalue weighted by Gasteiger charge is -2.27. The standard InChI is InChI=1S/C34H34FN7/c1-4-24(19-26(5-2)37-22(3)18-23-12-8-6-9-13-23)25-20-27-30(28(35)21-25)40-41-31(27)33-38-29-14-15-36-34(32(29)39-33)42-16-10-7-11-17-42/h4-6,8-9,12-15,19-21,37H,2-3,7,10-11,16-18H2,1H3,(H,38,39)(H,40,41)/b24-4+,26-19+. The maximum Gasteiger partial charge on any atom is 0.157 e. The molecule has 1 aliphatic heterocycles. The highest BCUT2D eigenvalue weighted by atomic mass is 19.1. The molecule has 0 spiro atoms. The lowest BCUT2D eigenvalue weighted by atomic mass is 10.0. The third-order valence-corrected chi connectivity index (χ3v) is 7.64. The van der Waals surface area contributed by atoms with E-state index in [0.29, 0.717) is 28.9 Å². The van der Waals surface area contributed by atoms with Crippen LogP contribution in [0.25, 0.3) is 39.0 Å². The van der Waals surface area contributed by atoms with Gasteiger partial charge in [-0.1, -0.05) is 49.6 Å². The number of aromatic amines is 2. The summed E-state index contributed by atoms with van der Waals surface area (Å²) in [7, 11) is 0. The first-order valence-corrected chi connectivity index (χ1v) is 14.3. The molecule has 3 N–H and O–H groups in total. The Morgan fingerprint density at radius 1 is 1.10 bits per heavy atom. The third kappa shape index (κ3) is 5.48. The maximum atomic E-state index is 15.4. The molecule has 7 nitrogen and oxygen atoms in total. The predicted molar refractivity (Wildman–Crippen MR) is 169 cm³/mol. The van der Waals surface area contributed by atoms with Crippen molar-refractivity contribution in [3.8, 4) is 11.5 Å². The quantitative estimate of drug-likeness (QED) is 0.163. The average Bonchev–Trinajstić information content (AvgIpc) is 3.64. The second-order valence-electron chi connectivity index (χ2n) is 10.6. The molecule has 0 bridgehead atoms. The van der Waals surface area contributed by atoms with Crippen molar-refractivity contribution in [3.63, 3.8) is 0 Å². The number of anilines is 1. The fraction of sp³-hybridized carbons (Fsp3) is 0.206. The Bertz CT molecular complexity index is 1820. The van der Waals surface area contributed by atoms with Crippen molar-refractivity contribution in [1.82, 2.24) is 30.5 Å². The van der Waals surface area contributed by atoms with Crippen LogP contribution in [0.15, 0.2) is 97.5 Å². The van der Waals surface area contributed by atoms with E-state index in [-0.39, 0.29) is 5.52 Å². The van der Waals surface area contributed by atoms with Gasteiger partial charge in [0.25, 0.3) is 0 Å². The van der Waals surface area contributed by atoms with Crippen molar-refractivity contribution in [2.24, 2.45) is 0 Å². The van der Waals surface area contributed by atoms with E-state index < -0.39 is 5.82 Å². The number of hydrogen-bond donors (Lipinski definition) is 3. The number of fused-ring (bicyclic) bond motifs is 2. The number of nitrogens with one attached hydrogen (secondary N) is 3. The van der Waals surface area contributed by atoms with Gasteiger partial charge >= 0.3 is 0 Å². The largest absolute Gasteiger partial charge is 0.359 e. The Balaban J connectivity index is 1.33. The molecule has 0 saturated carbocycles. The zero-order valence-electron chi connectivity index (χ0n) is 23.8. The SMILES string of the molecule is C=C/C(=C\C(=C/C)c1cc(F)c2n[nH]c(-c3nc4c(N5CCCCC5)nccc4[nH]3)c2c1)NC(=C)Cc1ccccc1. The summed E-state index contributed by atoms with van der Waals surface area (Å²) in [5, 5.41) is 11.3. The first kappa shape index (κ1) is 27.2. The molecule has 212 valence electrons. The van der Waals surface area contributed by atoms with Crippen LogP contribution in [-0.4, -0.2) is 38.2 Å². The molecule has 0 amide bonds. The number of halogens is 1. The van der Waals surface area contributed by atoms with Crippen LogP contribution in [0.1, 0.15) is 37.3 Å². The molecule has 42 heavy (non-hydrogen) atoms. The molecule has 2 aromatic carbocycles. The topological polar surface area (TPSA) is 85.5 Å².